The van der Waals surface area contributed by atoms with Gasteiger partial charge in [-0.15, -0.1) is 57.3 Å². The lowest BCUT2D eigenvalue weighted by atomic mass is 10.4. The molecule has 3 aromatic rings. The first-order chi connectivity index (χ1) is 14.2. The summed E-state index contributed by atoms with van der Waals surface area (Å²) in [6.07, 6.45) is 2.65. The predicted octanol–water partition coefficient (Wildman–Crippen LogP) is 4.70. The molecule has 0 fully saturated rings. The number of benzene rings is 1. The quantitative estimate of drug-likeness (QED) is 0.120. The summed E-state index contributed by atoms with van der Waals surface area (Å²) in [7, 11) is 0. The van der Waals surface area contributed by atoms with E-state index < -0.39 is 0 Å². The number of guanidine groups is 1. The number of aromatic nitrogens is 3. The molecule has 10 heteroatoms. The standard InChI is InChI=1S/C20H25ClN6S2.HI/c1-2-19-26-25-15-27(19)11-9-22-20(24-14-18-4-3-12-28-18)23-10-13-29-17-7-5-16(21)6-8-17;/h3-8,12,15H,2,9-11,13-14H2,1H3,(H2,22,23,24);1H. The predicted molar refractivity (Wildman–Crippen MR) is 138 cm³/mol. The van der Waals surface area contributed by atoms with Crippen LogP contribution in [0.4, 0.5) is 0 Å². The molecular formula is C20H26ClIN6S2. The number of nitrogens with zero attached hydrogens (tertiary/aromatic N) is 4. The summed E-state index contributed by atoms with van der Waals surface area (Å²) in [5, 5.41) is 17.8. The highest BCUT2D eigenvalue weighted by atomic mass is 127. The number of aryl methyl sites for hydroxylation is 1. The van der Waals surface area contributed by atoms with Crippen LogP contribution in [0.1, 0.15) is 17.6 Å². The molecule has 0 saturated heterocycles. The van der Waals surface area contributed by atoms with E-state index in [0.29, 0.717) is 6.54 Å². The average molecular weight is 577 g/mol. The minimum Gasteiger partial charge on any atom is -0.356 e. The third-order valence-corrected chi connectivity index (χ3v) is 6.23. The minimum atomic E-state index is 0. The number of hydrogen-bond acceptors (Lipinski definition) is 5. The summed E-state index contributed by atoms with van der Waals surface area (Å²) >= 11 is 9.45. The lowest BCUT2D eigenvalue weighted by molar-refractivity contribution is 0.633. The van der Waals surface area contributed by atoms with Crippen LogP contribution in [0.25, 0.3) is 0 Å². The topological polar surface area (TPSA) is 67.1 Å². The van der Waals surface area contributed by atoms with Crippen molar-refractivity contribution in [3.63, 3.8) is 0 Å². The SMILES string of the molecule is CCc1nncn1CCNC(=NCc1cccs1)NCCSc1ccc(Cl)cc1.I. The van der Waals surface area contributed by atoms with Crippen molar-refractivity contribution < 1.29 is 0 Å². The number of aliphatic imine (C=N–C) groups is 1. The molecule has 6 nitrogen and oxygen atoms in total. The van der Waals surface area contributed by atoms with Crippen LogP contribution in [0.15, 0.2) is 58.0 Å². The highest BCUT2D eigenvalue weighted by Crippen LogP contribution is 2.19. The Labute approximate surface area is 207 Å². The van der Waals surface area contributed by atoms with E-state index in [1.54, 1.807) is 29.4 Å². The Hall–Kier alpha value is -1.30. The molecule has 30 heavy (non-hydrogen) atoms. The van der Waals surface area contributed by atoms with Gasteiger partial charge in [0, 0.05) is 46.6 Å². The van der Waals surface area contributed by atoms with Gasteiger partial charge in [-0.2, -0.15) is 0 Å². The number of nitrogens with one attached hydrogen (secondary N) is 2. The molecule has 0 aliphatic heterocycles. The van der Waals surface area contributed by atoms with E-state index in [1.807, 2.05) is 24.3 Å². The summed E-state index contributed by atoms with van der Waals surface area (Å²) in [6, 6.07) is 12.1. The molecule has 3 rings (SSSR count). The fraction of sp³-hybridized carbons (Fsp3) is 0.350. The molecule has 0 unspecified atom stereocenters. The second kappa shape index (κ2) is 13.9. The molecule has 2 heterocycles. The van der Waals surface area contributed by atoms with Crippen molar-refractivity contribution in [2.24, 2.45) is 4.99 Å². The van der Waals surface area contributed by atoms with Gasteiger partial charge in [0.15, 0.2) is 5.96 Å². The van der Waals surface area contributed by atoms with Crippen molar-refractivity contribution in [1.82, 2.24) is 25.4 Å². The normalized spacial score (nSPS) is 11.2. The summed E-state index contributed by atoms with van der Waals surface area (Å²) in [5.74, 6) is 2.75. The van der Waals surface area contributed by atoms with Gasteiger partial charge in [0.05, 0.1) is 6.54 Å². The summed E-state index contributed by atoms with van der Waals surface area (Å²) in [4.78, 5) is 7.17. The number of thioether (sulfide) groups is 1. The summed E-state index contributed by atoms with van der Waals surface area (Å²) in [6.45, 7) is 5.13. The van der Waals surface area contributed by atoms with Gasteiger partial charge in [0.25, 0.3) is 0 Å². The zero-order valence-corrected chi connectivity index (χ0v) is 21.5. The van der Waals surface area contributed by atoms with Gasteiger partial charge in [-0.1, -0.05) is 24.6 Å². The van der Waals surface area contributed by atoms with E-state index in [-0.39, 0.29) is 24.0 Å². The van der Waals surface area contributed by atoms with E-state index in [9.17, 15) is 0 Å². The maximum atomic E-state index is 5.94. The first kappa shape index (κ1) is 25.0. The lowest BCUT2D eigenvalue weighted by Crippen LogP contribution is -2.40. The van der Waals surface area contributed by atoms with Crippen molar-refractivity contribution in [1.29, 1.82) is 0 Å². The third-order valence-electron chi connectivity index (χ3n) is 4.11. The second-order valence-corrected chi connectivity index (χ2v) is 8.83. The van der Waals surface area contributed by atoms with E-state index in [4.69, 9.17) is 16.6 Å². The maximum absolute atomic E-state index is 5.94. The van der Waals surface area contributed by atoms with Gasteiger partial charge in [-0.05, 0) is 35.7 Å². The maximum Gasteiger partial charge on any atom is 0.191 e. The number of hydrogen-bond donors (Lipinski definition) is 2. The van der Waals surface area contributed by atoms with Crippen molar-refractivity contribution in [3.05, 3.63) is 63.8 Å². The molecule has 1 aromatic carbocycles. The smallest absolute Gasteiger partial charge is 0.191 e. The first-order valence-electron chi connectivity index (χ1n) is 9.54. The zero-order chi connectivity index (χ0) is 20.3. The summed E-state index contributed by atoms with van der Waals surface area (Å²) in [5.41, 5.74) is 0. The van der Waals surface area contributed by atoms with Crippen molar-refractivity contribution >= 4 is 64.6 Å². The van der Waals surface area contributed by atoms with Gasteiger partial charge < -0.3 is 15.2 Å². The van der Waals surface area contributed by atoms with E-state index in [0.717, 1.165) is 48.6 Å². The van der Waals surface area contributed by atoms with E-state index >= 15 is 0 Å². The van der Waals surface area contributed by atoms with Gasteiger partial charge >= 0.3 is 0 Å². The molecule has 0 saturated carbocycles. The molecular weight excluding hydrogens is 551 g/mol. The number of thiophene rings is 1. The Morgan fingerprint density at radius 2 is 2.00 bits per heavy atom. The Kier molecular flexibility index (Phi) is 11.6. The molecule has 0 bridgehead atoms. The highest BCUT2D eigenvalue weighted by Gasteiger charge is 2.03. The lowest BCUT2D eigenvalue weighted by Gasteiger charge is -2.13. The molecule has 0 aliphatic rings. The molecule has 162 valence electrons. The van der Waals surface area contributed by atoms with Gasteiger partial charge in [-0.25, -0.2) is 4.99 Å². The highest BCUT2D eigenvalue weighted by molar-refractivity contribution is 14.0. The largest absolute Gasteiger partial charge is 0.356 e. The van der Waals surface area contributed by atoms with Crippen LogP contribution in [0.3, 0.4) is 0 Å². The van der Waals surface area contributed by atoms with Crippen molar-refractivity contribution in [2.45, 2.75) is 31.3 Å². The van der Waals surface area contributed by atoms with Crippen molar-refractivity contribution in [3.8, 4) is 0 Å². The van der Waals surface area contributed by atoms with E-state index in [2.05, 4.69) is 49.8 Å². The molecule has 0 aliphatic carbocycles. The molecule has 2 aromatic heterocycles. The molecule has 0 atom stereocenters. The monoisotopic (exact) mass is 576 g/mol. The minimum absolute atomic E-state index is 0. The average Bonchev–Trinajstić information content (AvgIpc) is 3.41. The van der Waals surface area contributed by atoms with Gasteiger partial charge in [-0.3, -0.25) is 0 Å². The van der Waals surface area contributed by atoms with Crippen LogP contribution >= 0.6 is 58.7 Å². The van der Waals surface area contributed by atoms with Crippen LogP contribution < -0.4 is 10.6 Å². The van der Waals surface area contributed by atoms with Crippen molar-refractivity contribution in [2.75, 3.05) is 18.8 Å². The Balaban J connectivity index is 0.00000320. The molecule has 2 N–H and O–H groups in total. The van der Waals surface area contributed by atoms with Gasteiger partial charge in [0.1, 0.15) is 12.2 Å². The zero-order valence-electron chi connectivity index (χ0n) is 16.8. The van der Waals surface area contributed by atoms with Gasteiger partial charge in [0.2, 0.25) is 0 Å². The van der Waals surface area contributed by atoms with E-state index in [1.165, 1.54) is 9.77 Å². The van der Waals surface area contributed by atoms with Crippen LogP contribution in [-0.4, -0.2) is 39.6 Å². The van der Waals surface area contributed by atoms with Crippen LogP contribution in [0.5, 0.6) is 0 Å². The Bertz CT molecular complexity index is 883. The second-order valence-electron chi connectivity index (χ2n) is 6.19. The number of halogens is 2. The fourth-order valence-corrected chi connectivity index (χ4v) is 4.16. The molecule has 0 radical (unpaired) electrons. The van der Waals surface area contributed by atoms with Crippen LogP contribution in [0, 0.1) is 0 Å². The van der Waals surface area contributed by atoms with Crippen LogP contribution in [0.2, 0.25) is 5.02 Å². The van der Waals surface area contributed by atoms with Crippen LogP contribution in [-0.2, 0) is 19.5 Å². The third kappa shape index (κ3) is 8.44. The Morgan fingerprint density at radius 3 is 2.73 bits per heavy atom. The fourth-order valence-electron chi connectivity index (χ4n) is 2.64. The Morgan fingerprint density at radius 1 is 1.20 bits per heavy atom. The summed E-state index contributed by atoms with van der Waals surface area (Å²) < 4.78 is 2.07. The number of rotatable bonds is 10. The first-order valence-corrected chi connectivity index (χ1v) is 11.8. The molecule has 0 amide bonds. The molecule has 0 spiro atoms.